The van der Waals surface area contributed by atoms with Crippen molar-refractivity contribution in [2.24, 2.45) is 0 Å². The number of benzene rings is 4. The number of aromatic nitrogens is 4. The van der Waals surface area contributed by atoms with Crippen LogP contribution >= 0.6 is 0 Å². The topological polar surface area (TPSA) is 48.1 Å². The molecule has 0 unspecified atom stereocenters. The molecule has 47 heavy (non-hydrogen) atoms. The number of para-hydroxylation sites is 1. The Labute approximate surface area is 290 Å². The Morgan fingerprint density at radius 1 is 0.723 bits per heavy atom. The van der Waals surface area contributed by atoms with E-state index in [0.29, 0.717) is 11.5 Å². The van der Waals surface area contributed by atoms with Crippen LogP contribution < -0.4 is 9.64 Å². The first-order chi connectivity index (χ1) is 22.1. The third-order valence-electron chi connectivity index (χ3n) is 8.68. The van der Waals surface area contributed by atoms with Crippen LogP contribution in [-0.4, -0.2) is 33.4 Å². The van der Waals surface area contributed by atoms with Gasteiger partial charge in [-0.1, -0.05) is 30.6 Å². The molecule has 0 N–H and O–H groups in total. The Morgan fingerprint density at radius 3 is 2.19 bits per heavy atom. The number of pyridine rings is 1. The maximum Gasteiger partial charge on any atom is 2.00 e. The first kappa shape index (κ1) is 32.3. The number of anilines is 1. The third-order valence-corrected chi connectivity index (χ3v) is 8.68. The zero-order valence-electron chi connectivity index (χ0n) is 28.0. The SMILES string of the molecule is Cc1cc(Oc2[c-]c3c(cc2)c2ccccc2n3-c2cc(C)ccn2)[c-]c(-n2nc(C)c(-c3c(C)cc(N(C)C)cc3C)c2C)c1.[Pd+2]. The van der Waals surface area contributed by atoms with E-state index in [-0.39, 0.29) is 20.4 Å². The zero-order chi connectivity index (χ0) is 32.3. The maximum atomic E-state index is 6.48. The van der Waals surface area contributed by atoms with Gasteiger partial charge in [0.05, 0.1) is 5.69 Å². The molecule has 0 radical (unpaired) electrons. The average molecular weight is 710 g/mol. The molecular weight excluding hydrogens is 673 g/mol. The maximum absolute atomic E-state index is 6.48. The van der Waals surface area contributed by atoms with Crippen LogP contribution in [0.2, 0.25) is 0 Å². The van der Waals surface area contributed by atoms with E-state index in [1.807, 2.05) is 29.1 Å². The van der Waals surface area contributed by atoms with Crippen LogP contribution in [0, 0.1) is 53.7 Å². The fraction of sp³-hybridized carbons (Fsp3) is 0.200. The normalized spacial score (nSPS) is 11.2. The minimum atomic E-state index is 0. The Kier molecular flexibility index (Phi) is 8.57. The second-order valence-electron chi connectivity index (χ2n) is 12.4. The Morgan fingerprint density at radius 2 is 1.47 bits per heavy atom. The summed E-state index contributed by atoms with van der Waals surface area (Å²) in [5, 5.41) is 7.25. The van der Waals surface area contributed by atoms with Gasteiger partial charge in [-0.2, -0.15) is 16.7 Å². The fourth-order valence-electron chi connectivity index (χ4n) is 6.60. The van der Waals surface area contributed by atoms with Gasteiger partial charge in [-0.15, -0.1) is 35.7 Å². The second kappa shape index (κ2) is 12.5. The molecule has 0 atom stereocenters. The molecular formula is C40H37N5OPd. The summed E-state index contributed by atoms with van der Waals surface area (Å²) < 4.78 is 10.6. The molecule has 0 amide bonds. The molecule has 0 aliphatic heterocycles. The molecule has 0 spiro atoms. The molecule has 0 fully saturated rings. The second-order valence-corrected chi connectivity index (χ2v) is 12.4. The van der Waals surface area contributed by atoms with Crippen molar-refractivity contribution in [3.8, 4) is 34.1 Å². The third kappa shape index (κ3) is 5.75. The molecule has 3 heterocycles. The molecule has 7 rings (SSSR count). The molecule has 0 bridgehead atoms. The standard InChI is InChI=1S/C40H37N5O.Pd/c1-24-15-16-41-38(19-24)44-36-12-10-9-11-34(36)35-14-13-32(23-37(35)44)46-33-18-25(2)17-31(22-33)45-29(6)40(28(5)42-45)39-26(3)20-30(43(7)8)21-27(39)4;/h9-21H,1-8H3;/q-2;+2. The number of aryl methyl sites for hydroxylation is 5. The van der Waals surface area contributed by atoms with E-state index in [0.717, 1.165) is 61.4 Å². The van der Waals surface area contributed by atoms with Gasteiger partial charge in [-0.3, -0.25) is 4.68 Å². The molecule has 0 saturated heterocycles. The predicted molar refractivity (Wildman–Crippen MR) is 188 cm³/mol. The summed E-state index contributed by atoms with van der Waals surface area (Å²) in [5.41, 5.74) is 13.1. The van der Waals surface area contributed by atoms with Gasteiger partial charge in [0.2, 0.25) is 0 Å². The molecule has 0 aliphatic carbocycles. The van der Waals surface area contributed by atoms with Gasteiger partial charge in [0.25, 0.3) is 0 Å². The van der Waals surface area contributed by atoms with Crippen LogP contribution in [0.1, 0.15) is 33.6 Å². The van der Waals surface area contributed by atoms with Crippen molar-refractivity contribution in [3.63, 3.8) is 0 Å². The van der Waals surface area contributed by atoms with E-state index in [1.54, 1.807) is 0 Å². The van der Waals surface area contributed by atoms with Gasteiger partial charge in [0.15, 0.2) is 0 Å². The largest absolute Gasteiger partial charge is 2.00 e. The molecule has 6 nitrogen and oxygen atoms in total. The van der Waals surface area contributed by atoms with Crippen LogP contribution in [0.3, 0.4) is 0 Å². The Bertz CT molecular complexity index is 2270. The quantitative estimate of drug-likeness (QED) is 0.128. The first-order valence-corrected chi connectivity index (χ1v) is 15.5. The summed E-state index contributed by atoms with van der Waals surface area (Å²) in [6.07, 6.45) is 1.85. The van der Waals surface area contributed by atoms with Crippen molar-refractivity contribution in [2.75, 3.05) is 19.0 Å². The van der Waals surface area contributed by atoms with E-state index in [2.05, 4.69) is 132 Å². The summed E-state index contributed by atoms with van der Waals surface area (Å²) >= 11 is 0. The molecule has 4 aromatic carbocycles. The zero-order valence-corrected chi connectivity index (χ0v) is 29.5. The van der Waals surface area contributed by atoms with Crippen LogP contribution in [0.4, 0.5) is 5.69 Å². The van der Waals surface area contributed by atoms with Crippen LogP contribution in [0.25, 0.3) is 44.4 Å². The fourth-order valence-corrected chi connectivity index (χ4v) is 6.60. The number of hydrogen-bond donors (Lipinski definition) is 0. The molecule has 7 heteroatoms. The smallest absolute Gasteiger partial charge is 0.509 e. The van der Waals surface area contributed by atoms with Crippen LogP contribution in [0.5, 0.6) is 11.5 Å². The van der Waals surface area contributed by atoms with E-state index >= 15 is 0 Å². The molecule has 7 aromatic rings. The van der Waals surface area contributed by atoms with Crippen molar-refractivity contribution in [2.45, 2.75) is 41.5 Å². The minimum Gasteiger partial charge on any atom is -0.509 e. The predicted octanol–water partition coefficient (Wildman–Crippen LogP) is 9.34. The monoisotopic (exact) mass is 709 g/mol. The number of nitrogens with zero attached hydrogens (tertiary/aromatic N) is 5. The average Bonchev–Trinajstić information content (AvgIpc) is 3.49. The van der Waals surface area contributed by atoms with E-state index in [9.17, 15) is 0 Å². The van der Waals surface area contributed by atoms with E-state index < -0.39 is 0 Å². The summed E-state index contributed by atoms with van der Waals surface area (Å²) in [5.74, 6) is 2.07. The van der Waals surface area contributed by atoms with E-state index in [1.165, 1.54) is 22.4 Å². The first-order valence-electron chi connectivity index (χ1n) is 15.5. The summed E-state index contributed by atoms with van der Waals surface area (Å²) in [6, 6.07) is 32.2. The summed E-state index contributed by atoms with van der Waals surface area (Å²) in [7, 11) is 4.15. The molecule has 0 aliphatic rings. The Hall–Kier alpha value is -4.70. The minimum absolute atomic E-state index is 0. The van der Waals surface area contributed by atoms with Gasteiger partial charge in [0.1, 0.15) is 5.82 Å². The van der Waals surface area contributed by atoms with Crippen LogP contribution in [0.15, 0.2) is 79.0 Å². The number of fused-ring (bicyclic) bond motifs is 3. The van der Waals surface area contributed by atoms with Gasteiger partial charge < -0.3 is 14.2 Å². The van der Waals surface area contributed by atoms with Gasteiger partial charge in [-0.05, 0) is 98.3 Å². The van der Waals surface area contributed by atoms with Crippen molar-refractivity contribution in [3.05, 3.63) is 125 Å². The molecule has 238 valence electrons. The summed E-state index contributed by atoms with van der Waals surface area (Å²) in [6.45, 7) is 12.7. The number of ether oxygens (including phenoxy) is 1. The van der Waals surface area contributed by atoms with Crippen LogP contribution in [-0.2, 0) is 20.4 Å². The number of hydrogen-bond acceptors (Lipinski definition) is 4. The van der Waals surface area contributed by atoms with E-state index in [4.69, 9.17) is 14.8 Å². The Balaban J connectivity index is 0.00000386. The van der Waals surface area contributed by atoms with Gasteiger partial charge in [-0.25, -0.2) is 4.98 Å². The van der Waals surface area contributed by atoms with Gasteiger partial charge in [0, 0.05) is 54.3 Å². The molecule has 3 aromatic heterocycles. The van der Waals surface area contributed by atoms with Gasteiger partial charge >= 0.3 is 20.4 Å². The van der Waals surface area contributed by atoms with Crippen molar-refractivity contribution in [1.82, 2.24) is 19.3 Å². The summed E-state index contributed by atoms with van der Waals surface area (Å²) in [4.78, 5) is 6.84. The number of rotatable bonds is 6. The molecule has 0 saturated carbocycles. The van der Waals surface area contributed by atoms with Crippen molar-refractivity contribution < 1.29 is 25.2 Å². The van der Waals surface area contributed by atoms with Crippen molar-refractivity contribution >= 4 is 27.5 Å². The van der Waals surface area contributed by atoms with Crippen molar-refractivity contribution in [1.29, 1.82) is 0 Å².